The zero-order valence-electron chi connectivity index (χ0n) is 44.8. The lowest BCUT2D eigenvalue weighted by Gasteiger charge is -2.31. The number of carbonyl (C=O) groups is 4. The van der Waals surface area contributed by atoms with Crippen LogP contribution in [0.4, 0.5) is 19.0 Å². The number of benzene rings is 4. The van der Waals surface area contributed by atoms with Crippen molar-refractivity contribution in [3.63, 3.8) is 0 Å². The van der Waals surface area contributed by atoms with E-state index in [1.165, 1.54) is 46.9 Å². The van der Waals surface area contributed by atoms with E-state index >= 15 is 0 Å². The molecule has 80 heavy (non-hydrogen) atoms. The predicted molar refractivity (Wildman–Crippen MR) is 305 cm³/mol. The molecule has 0 saturated carbocycles. The van der Waals surface area contributed by atoms with Gasteiger partial charge in [0.1, 0.15) is 23.3 Å². The van der Waals surface area contributed by atoms with E-state index in [2.05, 4.69) is 63.8 Å². The molecule has 4 N–H and O–H groups in total. The second-order valence-electron chi connectivity index (χ2n) is 19.4. The highest BCUT2D eigenvalue weighted by molar-refractivity contribution is 7.14. The lowest BCUT2D eigenvalue weighted by atomic mass is 9.93. The number of hydrogen-bond donors (Lipinski definition) is 4. The van der Waals surface area contributed by atoms with Gasteiger partial charge in [0.05, 0.1) is 35.3 Å². The van der Waals surface area contributed by atoms with Gasteiger partial charge in [-0.15, -0.1) is 22.7 Å². The lowest BCUT2D eigenvalue weighted by molar-refractivity contribution is -0.159. The quantitative estimate of drug-likeness (QED) is 0.0412. The number of hydrogen-bond acceptors (Lipinski definition) is 16. The Bertz CT molecular complexity index is 3080. The topological polar surface area (TPSA) is 219 Å². The van der Waals surface area contributed by atoms with Crippen LogP contribution in [0.3, 0.4) is 0 Å². The number of para-hydroxylation sites is 4. The molecule has 0 radical (unpaired) electrons. The number of esters is 2. The number of carboxylic acids is 2. The lowest BCUT2D eigenvalue weighted by Crippen LogP contribution is -2.37. The molecule has 22 heteroatoms. The number of carbonyl (C=O) groups excluding carboxylic acids is 2. The number of nitrogens with zero attached hydrogens (tertiary/aromatic N) is 8. The van der Waals surface area contributed by atoms with E-state index in [1.807, 2.05) is 48.5 Å². The van der Waals surface area contributed by atoms with Gasteiger partial charge >= 0.3 is 23.9 Å². The fourth-order valence-corrected chi connectivity index (χ4v) is 11.2. The first-order chi connectivity index (χ1) is 38.8. The third kappa shape index (κ3) is 16.7. The van der Waals surface area contributed by atoms with Crippen LogP contribution in [-0.2, 0) is 45.0 Å². The number of halogens is 2. The summed E-state index contributed by atoms with van der Waals surface area (Å²) in [6.07, 6.45) is 6.40. The van der Waals surface area contributed by atoms with Crippen LogP contribution in [-0.4, -0.2) is 139 Å². The number of aliphatic carboxylic acids is 2. The number of rotatable bonds is 20. The molecule has 10 rings (SSSR count). The van der Waals surface area contributed by atoms with Gasteiger partial charge in [-0.2, -0.15) is 0 Å². The number of nitrogens with one attached hydrogen (secondary N) is 2. The molecule has 4 aromatic carbocycles. The average Bonchev–Trinajstić information content (AvgIpc) is 4.31. The van der Waals surface area contributed by atoms with Gasteiger partial charge in [0.15, 0.2) is 21.7 Å². The van der Waals surface area contributed by atoms with Crippen molar-refractivity contribution in [2.75, 3.05) is 76.2 Å². The molecule has 8 aromatic rings. The zero-order valence-corrected chi connectivity index (χ0v) is 46.4. The largest absolute Gasteiger partial charge is 0.473 e. The van der Waals surface area contributed by atoms with Gasteiger partial charge in [0.2, 0.25) is 0 Å². The van der Waals surface area contributed by atoms with Crippen LogP contribution in [0.15, 0.2) is 108 Å². The van der Waals surface area contributed by atoms with E-state index in [1.54, 1.807) is 24.6 Å². The second kappa shape index (κ2) is 29.0. The number of carboxylic acid groups (broad SMARTS) is 2. The third-order valence-electron chi connectivity index (χ3n) is 13.9. The summed E-state index contributed by atoms with van der Waals surface area (Å²) in [4.78, 5) is 65.3. The van der Waals surface area contributed by atoms with E-state index < -0.39 is 11.9 Å². The molecule has 6 heterocycles. The molecule has 18 nitrogen and oxygen atoms in total. The zero-order chi connectivity index (χ0) is 56.4. The summed E-state index contributed by atoms with van der Waals surface area (Å²) in [5.41, 5.74) is 7.14. The highest BCUT2D eigenvalue weighted by atomic mass is 32.1. The number of thiazole rings is 2. The van der Waals surface area contributed by atoms with Crippen LogP contribution in [0.2, 0.25) is 0 Å². The first-order valence-corrected chi connectivity index (χ1v) is 28.6. The number of piperidine rings is 2. The molecule has 0 atom stereocenters. The predicted octanol–water partition coefficient (Wildman–Crippen LogP) is 9.60. The minimum Gasteiger partial charge on any atom is -0.473 e. The van der Waals surface area contributed by atoms with Crippen LogP contribution < -0.4 is 10.6 Å². The highest BCUT2D eigenvalue weighted by Gasteiger charge is 2.25. The number of anilines is 2. The van der Waals surface area contributed by atoms with Gasteiger partial charge < -0.3 is 49.3 Å². The molecule has 0 amide bonds. The Labute approximate surface area is 470 Å². The maximum atomic E-state index is 13.4. The Balaban J connectivity index is 0.000000191. The summed E-state index contributed by atoms with van der Waals surface area (Å²) in [5, 5.41) is 26.4. The van der Waals surface area contributed by atoms with Crippen molar-refractivity contribution >= 4 is 78.9 Å². The molecule has 0 spiro atoms. The van der Waals surface area contributed by atoms with E-state index in [0.29, 0.717) is 49.5 Å². The van der Waals surface area contributed by atoms with Gasteiger partial charge in [-0.05, 0) is 137 Å². The number of aromatic nitrogens is 6. The molecule has 2 fully saturated rings. The molecule has 422 valence electrons. The first kappa shape index (κ1) is 58.5. The maximum Gasteiger partial charge on any atom is 0.414 e. The fourth-order valence-electron chi connectivity index (χ4n) is 9.75. The summed E-state index contributed by atoms with van der Waals surface area (Å²) >= 11 is 2.85. The first-order valence-electron chi connectivity index (χ1n) is 26.8. The number of ether oxygens (including phenoxy) is 2. The minimum atomic E-state index is -1.82. The number of fused-ring (bicyclic) bond motifs is 2. The van der Waals surface area contributed by atoms with Gasteiger partial charge in [0.25, 0.3) is 0 Å². The molecule has 0 bridgehead atoms. The Hall–Kier alpha value is -7.66. The smallest absolute Gasteiger partial charge is 0.414 e. The summed E-state index contributed by atoms with van der Waals surface area (Å²) in [5.74, 6) is -1.45. The Morgan fingerprint density at radius 3 is 1.30 bits per heavy atom. The van der Waals surface area contributed by atoms with E-state index in [9.17, 15) is 18.4 Å². The van der Waals surface area contributed by atoms with Crippen molar-refractivity contribution in [3.8, 4) is 0 Å². The molecule has 4 aromatic heterocycles. The van der Waals surface area contributed by atoms with Crippen molar-refractivity contribution in [2.24, 2.45) is 11.8 Å². The molecular formula is C58H66F2N10O8S2. The second-order valence-corrected chi connectivity index (χ2v) is 21.1. The standard InChI is InChI=1S/2C28H32FN5O2S.C2H2O4/c2*1-2-36-27(35)24-19-37-28(32-24)30-13-16-33-14-11-20(12-15-33)17-26-31-23-5-3-4-6-25(23)34(26)18-21-7-9-22(29)10-8-21;3-1(4)2(5)6/h2*3-10,19-20H,2,11-18H2,1H3,(H,30,32);(H,3,4)(H,5,6). The summed E-state index contributed by atoms with van der Waals surface area (Å²) in [6.45, 7) is 13.3. The minimum absolute atomic E-state index is 0.213. The van der Waals surface area contributed by atoms with Gasteiger partial charge in [-0.3, -0.25) is 0 Å². The van der Waals surface area contributed by atoms with Gasteiger partial charge in [-0.1, -0.05) is 48.5 Å². The summed E-state index contributed by atoms with van der Waals surface area (Å²) < 4.78 is 41.4. The van der Waals surface area contributed by atoms with E-state index in [0.717, 1.165) is 146 Å². The van der Waals surface area contributed by atoms with Crippen LogP contribution in [0.1, 0.15) is 83.3 Å². The Kier molecular flexibility index (Phi) is 21.2. The summed E-state index contributed by atoms with van der Waals surface area (Å²) in [6, 6.07) is 30.0. The molecular weight excluding hydrogens is 1070 g/mol. The normalized spacial score (nSPS) is 14.2. The van der Waals surface area contributed by atoms with Crippen molar-refractivity contribution in [3.05, 3.63) is 154 Å². The summed E-state index contributed by atoms with van der Waals surface area (Å²) in [7, 11) is 0. The van der Waals surface area contributed by atoms with E-state index in [-0.39, 0.29) is 23.6 Å². The van der Waals surface area contributed by atoms with Crippen LogP contribution in [0.25, 0.3) is 22.1 Å². The number of imidazole rings is 2. The van der Waals surface area contributed by atoms with Crippen LogP contribution in [0, 0.1) is 23.5 Å². The van der Waals surface area contributed by atoms with Gasteiger partial charge in [0, 0.05) is 62.9 Å². The molecule has 0 aliphatic carbocycles. The van der Waals surface area contributed by atoms with Crippen molar-refractivity contribution in [1.29, 1.82) is 0 Å². The van der Waals surface area contributed by atoms with E-state index in [4.69, 9.17) is 39.2 Å². The molecule has 0 unspecified atom stereocenters. The number of likely N-dealkylation sites (tertiary alicyclic amines) is 2. The fraction of sp³-hybridized carbons (Fsp3) is 0.379. The average molecular weight is 1130 g/mol. The molecule has 2 aliphatic heterocycles. The monoisotopic (exact) mass is 1130 g/mol. The van der Waals surface area contributed by atoms with Crippen molar-refractivity contribution in [2.45, 2.75) is 65.5 Å². The Morgan fingerprint density at radius 1 is 0.562 bits per heavy atom. The molecule has 2 saturated heterocycles. The highest BCUT2D eigenvalue weighted by Crippen LogP contribution is 2.28. The SMILES string of the molecule is CCOC(=O)c1csc(NCCN2CCC(Cc3nc4ccccc4n3Cc3ccc(F)cc3)CC2)n1.CCOC(=O)c1csc(NCCN2CCC(Cc3nc4ccccc4n3Cc3ccc(F)cc3)CC2)n1.O=C(O)C(=O)O. The van der Waals surface area contributed by atoms with Crippen molar-refractivity contribution in [1.82, 2.24) is 38.9 Å². The third-order valence-corrected chi connectivity index (χ3v) is 15.5. The van der Waals surface area contributed by atoms with Gasteiger partial charge in [-0.25, -0.2) is 47.9 Å². The van der Waals surface area contributed by atoms with Crippen LogP contribution in [0.5, 0.6) is 0 Å². The molecule has 2 aliphatic rings. The maximum absolute atomic E-state index is 13.4. The van der Waals surface area contributed by atoms with Crippen molar-refractivity contribution < 1.29 is 47.6 Å². The van der Waals surface area contributed by atoms with Crippen LogP contribution >= 0.6 is 22.7 Å². The Morgan fingerprint density at radius 2 is 0.938 bits per heavy atom.